The number of nitrogens with zero attached hydrogens (tertiary/aromatic N) is 4. The second kappa shape index (κ2) is 8.69. The van der Waals surface area contributed by atoms with Crippen LogP contribution in [0.15, 0.2) is 60.2 Å². The summed E-state index contributed by atoms with van der Waals surface area (Å²) in [6, 6.07) is 13.4. The van der Waals surface area contributed by atoms with Crippen LogP contribution in [-0.4, -0.2) is 31.1 Å². The van der Waals surface area contributed by atoms with Crippen molar-refractivity contribution in [2.75, 3.05) is 0 Å². The van der Waals surface area contributed by atoms with Crippen molar-refractivity contribution in [1.82, 2.24) is 19.3 Å². The molecule has 158 valence electrons. The van der Waals surface area contributed by atoms with E-state index < -0.39 is 5.97 Å². The first-order valence-corrected chi connectivity index (χ1v) is 10.7. The molecule has 1 aromatic carbocycles. The summed E-state index contributed by atoms with van der Waals surface area (Å²) in [4.78, 5) is 30.3. The average molecular weight is 435 g/mol. The van der Waals surface area contributed by atoms with E-state index in [2.05, 4.69) is 10.1 Å². The molecule has 0 saturated heterocycles. The highest BCUT2D eigenvalue weighted by atomic mass is 32.1. The number of aromatic nitrogens is 4. The van der Waals surface area contributed by atoms with Gasteiger partial charge in [0.15, 0.2) is 11.6 Å². The molecule has 0 aliphatic rings. The molecule has 0 unspecified atom stereocenters. The van der Waals surface area contributed by atoms with Gasteiger partial charge in [-0.3, -0.25) is 9.59 Å². The minimum absolute atomic E-state index is 0.0912. The van der Waals surface area contributed by atoms with Gasteiger partial charge in [0.25, 0.3) is 0 Å². The van der Waals surface area contributed by atoms with Crippen molar-refractivity contribution in [3.05, 3.63) is 82.2 Å². The number of rotatable bonds is 7. The summed E-state index contributed by atoms with van der Waals surface area (Å²) in [5.41, 5.74) is 2.20. The topological polar surface area (TPSA) is 79.0 Å². The Labute approximate surface area is 183 Å². The summed E-state index contributed by atoms with van der Waals surface area (Å²) in [5, 5.41) is 6.63. The van der Waals surface area contributed by atoms with Gasteiger partial charge in [0.1, 0.15) is 0 Å². The van der Waals surface area contributed by atoms with E-state index in [1.54, 1.807) is 40.0 Å². The van der Waals surface area contributed by atoms with E-state index in [9.17, 15) is 9.59 Å². The number of benzene rings is 1. The molecule has 0 spiro atoms. The zero-order valence-electron chi connectivity index (χ0n) is 17.5. The van der Waals surface area contributed by atoms with Crippen LogP contribution in [0.1, 0.15) is 46.0 Å². The number of para-hydroxylation sites is 1. The molecule has 8 heteroatoms. The van der Waals surface area contributed by atoms with E-state index in [-0.39, 0.29) is 18.1 Å². The Balaban J connectivity index is 1.85. The fourth-order valence-corrected chi connectivity index (χ4v) is 4.48. The fraction of sp³-hybridized carbons (Fsp3) is 0.217. The Morgan fingerprint density at radius 2 is 1.94 bits per heavy atom. The van der Waals surface area contributed by atoms with Gasteiger partial charge in [0.05, 0.1) is 11.4 Å². The predicted octanol–water partition coefficient (Wildman–Crippen LogP) is 4.31. The molecule has 0 amide bonds. The lowest BCUT2D eigenvalue weighted by molar-refractivity contribution is -0.132. The summed E-state index contributed by atoms with van der Waals surface area (Å²) in [6.07, 6.45) is 3.54. The van der Waals surface area contributed by atoms with Gasteiger partial charge in [0, 0.05) is 49.1 Å². The number of imidazole rings is 1. The van der Waals surface area contributed by atoms with Crippen molar-refractivity contribution >= 4 is 23.1 Å². The van der Waals surface area contributed by atoms with Crippen LogP contribution in [0.5, 0.6) is 5.88 Å². The maximum Gasteiger partial charge on any atom is 0.309 e. The molecule has 0 aliphatic carbocycles. The summed E-state index contributed by atoms with van der Waals surface area (Å²) < 4.78 is 8.99. The van der Waals surface area contributed by atoms with E-state index in [4.69, 9.17) is 4.74 Å². The van der Waals surface area contributed by atoms with Gasteiger partial charge < -0.3 is 9.30 Å². The van der Waals surface area contributed by atoms with Crippen LogP contribution < -0.4 is 4.74 Å². The Morgan fingerprint density at radius 1 is 1.16 bits per heavy atom. The standard InChI is InChI=1S/C23H22N4O3S/c1-15-21(23(30-16(2)28)27(25-15)17-8-5-4-6-9-17)18(20-10-7-13-31-20)14-19(29)22-24-11-12-26(22)3/h4-13,18H,14H2,1-3H3/t18-/m1/s1. The highest BCUT2D eigenvalue weighted by molar-refractivity contribution is 7.10. The number of hydrogen-bond acceptors (Lipinski definition) is 6. The second-order valence-corrected chi connectivity index (χ2v) is 8.18. The first-order valence-electron chi connectivity index (χ1n) is 9.83. The maximum atomic E-state index is 13.1. The highest BCUT2D eigenvalue weighted by Gasteiger charge is 2.31. The van der Waals surface area contributed by atoms with Gasteiger partial charge in [-0.05, 0) is 30.5 Å². The van der Waals surface area contributed by atoms with Gasteiger partial charge in [-0.1, -0.05) is 24.3 Å². The van der Waals surface area contributed by atoms with Crippen molar-refractivity contribution in [2.24, 2.45) is 7.05 Å². The molecule has 1 atom stereocenters. The van der Waals surface area contributed by atoms with Crippen LogP contribution in [0.25, 0.3) is 5.69 Å². The lowest BCUT2D eigenvalue weighted by Gasteiger charge is -2.17. The van der Waals surface area contributed by atoms with Crippen LogP contribution >= 0.6 is 11.3 Å². The fourth-order valence-electron chi connectivity index (χ4n) is 3.64. The minimum atomic E-state index is -0.446. The normalized spacial score (nSPS) is 12.0. The molecule has 7 nitrogen and oxygen atoms in total. The molecule has 0 aliphatic heterocycles. The van der Waals surface area contributed by atoms with Crippen molar-refractivity contribution in [2.45, 2.75) is 26.2 Å². The van der Waals surface area contributed by atoms with Crippen LogP contribution in [0, 0.1) is 6.92 Å². The summed E-state index contributed by atoms with van der Waals surface area (Å²) in [5.74, 6) is -0.132. The largest absolute Gasteiger partial charge is 0.407 e. The quantitative estimate of drug-likeness (QED) is 0.320. The number of carbonyl (C=O) groups is 2. The lowest BCUT2D eigenvalue weighted by atomic mass is 9.92. The Morgan fingerprint density at radius 3 is 2.55 bits per heavy atom. The van der Waals surface area contributed by atoms with Crippen molar-refractivity contribution in [3.8, 4) is 11.6 Å². The van der Waals surface area contributed by atoms with Crippen molar-refractivity contribution < 1.29 is 14.3 Å². The molecule has 0 fully saturated rings. The SMILES string of the molecule is CC(=O)Oc1c([C@H](CC(=O)c2nccn2C)c2cccs2)c(C)nn1-c1ccccc1. The van der Waals surface area contributed by atoms with Crippen molar-refractivity contribution in [1.29, 1.82) is 0 Å². The molecular formula is C23H22N4O3S. The lowest BCUT2D eigenvalue weighted by Crippen LogP contribution is -2.15. The third-order valence-electron chi connectivity index (χ3n) is 5.00. The molecule has 3 aromatic heterocycles. The third-order valence-corrected chi connectivity index (χ3v) is 5.98. The summed E-state index contributed by atoms with van der Waals surface area (Å²) in [6.45, 7) is 3.23. The number of Topliss-reactive ketones (excluding diaryl/α,β-unsaturated/α-hetero) is 1. The van der Waals surface area contributed by atoms with E-state index in [1.165, 1.54) is 6.92 Å². The number of ether oxygens (including phenoxy) is 1. The Hall–Kier alpha value is -3.52. The predicted molar refractivity (Wildman–Crippen MR) is 118 cm³/mol. The molecule has 3 heterocycles. The zero-order valence-corrected chi connectivity index (χ0v) is 18.3. The molecule has 4 aromatic rings. The number of thiophene rings is 1. The van der Waals surface area contributed by atoms with E-state index in [0.717, 1.165) is 16.1 Å². The highest BCUT2D eigenvalue weighted by Crippen LogP contribution is 2.40. The van der Waals surface area contributed by atoms with E-state index in [0.29, 0.717) is 17.4 Å². The first kappa shape index (κ1) is 20.7. The van der Waals surface area contributed by atoms with Crippen molar-refractivity contribution in [3.63, 3.8) is 0 Å². The van der Waals surface area contributed by atoms with Gasteiger partial charge in [-0.2, -0.15) is 5.10 Å². The Kier molecular flexibility index (Phi) is 5.81. The third kappa shape index (κ3) is 4.20. The average Bonchev–Trinajstić information content (AvgIpc) is 3.48. The van der Waals surface area contributed by atoms with Gasteiger partial charge in [-0.15, -0.1) is 11.3 Å². The van der Waals surface area contributed by atoms with E-state index in [1.807, 2.05) is 54.8 Å². The molecular weight excluding hydrogens is 412 g/mol. The van der Waals surface area contributed by atoms with Gasteiger partial charge >= 0.3 is 5.97 Å². The number of esters is 1. The Bertz CT molecular complexity index is 1210. The molecule has 0 saturated carbocycles. The summed E-state index contributed by atoms with van der Waals surface area (Å²) in [7, 11) is 1.79. The molecule has 0 bridgehead atoms. The number of ketones is 1. The molecule has 31 heavy (non-hydrogen) atoms. The number of aryl methyl sites for hydroxylation is 2. The van der Waals surface area contributed by atoms with Crippen LogP contribution in [0.3, 0.4) is 0 Å². The minimum Gasteiger partial charge on any atom is -0.407 e. The summed E-state index contributed by atoms with van der Waals surface area (Å²) >= 11 is 1.55. The molecule has 4 rings (SSSR count). The maximum absolute atomic E-state index is 13.1. The van der Waals surface area contributed by atoms with Crippen LogP contribution in [0.4, 0.5) is 0 Å². The zero-order chi connectivity index (χ0) is 22.0. The monoisotopic (exact) mass is 434 g/mol. The van der Waals surface area contributed by atoms with E-state index >= 15 is 0 Å². The number of hydrogen-bond donors (Lipinski definition) is 0. The molecule has 0 N–H and O–H groups in total. The van der Waals surface area contributed by atoms with Crippen LogP contribution in [0.2, 0.25) is 0 Å². The first-order chi connectivity index (χ1) is 15.0. The van der Waals surface area contributed by atoms with Gasteiger partial charge in [-0.25, -0.2) is 9.67 Å². The second-order valence-electron chi connectivity index (χ2n) is 7.20. The van der Waals surface area contributed by atoms with Crippen LogP contribution in [-0.2, 0) is 11.8 Å². The molecule has 0 radical (unpaired) electrons. The van der Waals surface area contributed by atoms with Gasteiger partial charge in [0.2, 0.25) is 5.88 Å². The smallest absolute Gasteiger partial charge is 0.309 e. The number of carbonyl (C=O) groups excluding carboxylic acids is 2.